The van der Waals surface area contributed by atoms with Crippen molar-refractivity contribution in [1.29, 1.82) is 0 Å². The molecule has 15 heavy (non-hydrogen) atoms. The molecule has 0 saturated carbocycles. The lowest BCUT2D eigenvalue weighted by Crippen LogP contribution is -2.38. The van der Waals surface area contributed by atoms with Gasteiger partial charge in [-0.2, -0.15) is 0 Å². The molecule has 86 valence electrons. The molecule has 2 saturated heterocycles. The maximum Gasteiger partial charge on any atom is 0.228 e. The second kappa shape index (κ2) is 4.94. The predicted molar refractivity (Wildman–Crippen MR) is 57.3 cm³/mol. The summed E-state index contributed by atoms with van der Waals surface area (Å²) in [4.78, 5) is 14.0. The third kappa shape index (κ3) is 2.49. The molecule has 2 unspecified atom stereocenters. The zero-order chi connectivity index (χ0) is 10.7. The van der Waals surface area contributed by atoms with Gasteiger partial charge in [-0.25, -0.2) is 0 Å². The van der Waals surface area contributed by atoms with Crippen LogP contribution in [0, 0.1) is 11.8 Å². The van der Waals surface area contributed by atoms with Gasteiger partial charge in [-0.15, -0.1) is 0 Å². The maximum absolute atomic E-state index is 12.1. The zero-order valence-corrected chi connectivity index (χ0v) is 9.15. The highest BCUT2D eigenvalue weighted by Crippen LogP contribution is 2.21. The first-order chi connectivity index (χ1) is 7.31. The van der Waals surface area contributed by atoms with E-state index in [0.717, 1.165) is 39.0 Å². The van der Waals surface area contributed by atoms with E-state index in [2.05, 4.69) is 0 Å². The van der Waals surface area contributed by atoms with E-state index < -0.39 is 0 Å². The minimum Gasteiger partial charge on any atom is -0.381 e. The number of likely N-dealkylation sites (tertiary alicyclic amines) is 1. The van der Waals surface area contributed by atoms with Crippen molar-refractivity contribution in [2.45, 2.75) is 19.3 Å². The standard InChI is InChI=1S/C11H20N2O2/c12-6-9-3-4-13(7-9)11(14)10-2-1-5-15-8-10/h9-10H,1-8,12H2. The summed E-state index contributed by atoms with van der Waals surface area (Å²) in [5.41, 5.74) is 5.61. The van der Waals surface area contributed by atoms with E-state index in [1.807, 2.05) is 4.90 Å². The van der Waals surface area contributed by atoms with Crippen molar-refractivity contribution >= 4 is 5.91 Å². The molecule has 0 aromatic rings. The Morgan fingerprint density at radius 2 is 2.33 bits per heavy atom. The highest BCUT2D eigenvalue weighted by atomic mass is 16.5. The normalized spacial score (nSPS) is 31.9. The average Bonchev–Trinajstić information content (AvgIpc) is 2.78. The Morgan fingerprint density at radius 3 is 2.93 bits per heavy atom. The number of nitrogens with zero attached hydrogens (tertiary/aromatic N) is 1. The summed E-state index contributed by atoms with van der Waals surface area (Å²) in [6.07, 6.45) is 3.07. The van der Waals surface area contributed by atoms with Crippen molar-refractivity contribution < 1.29 is 9.53 Å². The number of hydrogen-bond acceptors (Lipinski definition) is 3. The molecule has 4 nitrogen and oxygen atoms in total. The van der Waals surface area contributed by atoms with E-state index in [1.54, 1.807) is 0 Å². The van der Waals surface area contributed by atoms with Gasteiger partial charge in [-0.05, 0) is 31.7 Å². The van der Waals surface area contributed by atoms with Crippen LogP contribution in [0.15, 0.2) is 0 Å². The Morgan fingerprint density at radius 1 is 1.47 bits per heavy atom. The van der Waals surface area contributed by atoms with Crippen LogP contribution in [0.1, 0.15) is 19.3 Å². The predicted octanol–water partition coefficient (Wildman–Crippen LogP) is 0.220. The molecule has 4 heteroatoms. The van der Waals surface area contributed by atoms with Crippen molar-refractivity contribution in [3.8, 4) is 0 Å². The van der Waals surface area contributed by atoms with E-state index in [0.29, 0.717) is 19.1 Å². The highest BCUT2D eigenvalue weighted by molar-refractivity contribution is 5.79. The fourth-order valence-corrected chi connectivity index (χ4v) is 2.42. The molecule has 2 aliphatic heterocycles. The van der Waals surface area contributed by atoms with Crippen LogP contribution >= 0.6 is 0 Å². The molecule has 2 atom stereocenters. The molecular formula is C11H20N2O2. The Hall–Kier alpha value is -0.610. The lowest BCUT2D eigenvalue weighted by Gasteiger charge is -2.26. The lowest BCUT2D eigenvalue weighted by molar-refractivity contribution is -0.138. The average molecular weight is 212 g/mol. The van der Waals surface area contributed by atoms with Crippen LogP contribution in [-0.4, -0.2) is 43.7 Å². The van der Waals surface area contributed by atoms with Crippen molar-refractivity contribution in [3.05, 3.63) is 0 Å². The SMILES string of the molecule is NCC1CCN(C(=O)C2CCCOC2)C1. The fourth-order valence-electron chi connectivity index (χ4n) is 2.42. The van der Waals surface area contributed by atoms with Gasteiger partial charge in [0.25, 0.3) is 0 Å². The summed E-state index contributed by atoms with van der Waals surface area (Å²) < 4.78 is 5.34. The van der Waals surface area contributed by atoms with Gasteiger partial charge in [-0.1, -0.05) is 0 Å². The first-order valence-corrected chi connectivity index (χ1v) is 5.88. The molecule has 0 radical (unpaired) electrons. The van der Waals surface area contributed by atoms with Gasteiger partial charge in [0.15, 0.2) is 0 Å². The summed E-state index contributed by atoms with van der Waals surface area (Å²) in [6.45, 7) is 3.87. The van der Waals surface area contributed by atoms with Gasteiger partial charge >= 0.3 is 0 Å². The molecule has 1 amide bonds. The van der Waals surface area contributed by atoms with E-state index in [9.17, 15) is 4.79 Å². The summed E-state index contributed by atoms with van der Waals surface area (Å²) in [5.74, 6) is 0.902. The van der Waals surface area contributed by atoms with E-state index in [-0.39, 0.29) is 11.8 Å². The minimum absolute atomic E-state index is 0.107. The Bertz CT molecular complexity index is 227. The smallest absolute Gasteiger partial charge is 0.228 e. The van der Waals surface area contributed by atoms with Crippen LogP contribution in [-0.2, 0) is 9.53 Å². The molecular weight excluding hydrogens is 192 g/mol. The van der Waals surface area contributed by atoms with Crippen LogP contribution in [0.4, 0.5) is 0 Å². The van der Waals surface area contributed by atoms with E-state index >= 15 is 0 Å². The number of ether oxygens (including phenoxy) is 1. The number of carbonyl (C=O) groups excluding carboxylic acids is 1. The summed E-state index contributed by atoms with van der Waals surface area (Å²) >= 11 is 0. The van der Waals surface area contributed by atoms with Crippen molar-refractivity contribution in [2.75, 3.05) is 32.8 Å². The first kappa shape index (κ1) is 10.9. The monoisotopic (exact) mass is 212 g/mol. The topological polar surface area (TPSA) is 55.6 Å². The number of hydrogen-bond donors (Lipinski definition) is 1. The van der Waals surface area contributed by atoms with Gasteiger partial charge in [0.2, 0.25) is 5.91 Å². The molecule has 0 aliphatic carbocycles. The molecule has 2 fully saturated rings. The highest BCUT2D eigenvalue weighted by Gasteiger charge is 2.31. The van der Waals surface area contributed by atoms with Crippen molar-refractivity contribution in [1.82, 2.24) is 4.90 Å². The quantitative estimate of drug-likeness (QED) is 0.712. The van der Waals surface area contributed by atoms with E-state index in [1.165, 1.54) is 0 Å². The summed E-state index contributed by atoms with van der Waals surface area (Å²) in [5, 5.41) is 0. The summed E-state index contributed by atoms with van der Waals surface area (Å²) in [6, 6.07) is 0. The number of nitrogens with two attached hydrogens (primary N) is 1. The van der Waals surface area contributed by atoms with Crippen LogP contribution in [0.2, 0.25) is 0 Å². The minimum atomic E-state index is 0.107. The van der Waals surface area contributed by atoms with Gasteiger partial charge in [0, 0.05) is 19.7 Å². The number of rotatable bonds is 2. The second-order valence-corrected chi connectivity index (χ2v) is 4.59. The molecule has 0 spiro atoms. The van der Waals surface area contributed by atoms with Crippen LogP contribution in [0.3, 0.4) is 0 Å². The Balaban J connectivity index is 1.85. The third-order valence-electron chi connectivity index (χ3n) is 3.44. The fraction of sp³-hybridized carbons (Fsp3) is 0.909. The van der Waals surface area contributed by atoms with Gasteiger partial charge in [0.05, 0.1) is 12.5 Å². The molecule has 0 aromatic carbocycles. The van der Waals surface area contributed by atoms with Crippen LogP contribution in [0.5, 0.6) is 0 Å². The van der Waals surface area contributed by atoms with Crippen LogP contribution < -0.4 is 5.73 Å². The number of amides is 1. The molecule has 0 bridgehead atoms. The van der Waals surface area contributed by atoms with Gasteiger partial charge < -0.3 is 15.4 Å². The second-order valence-electron chi connectivity index (χ2n) is 4.59. The molecule has 2 N–H and O–H groups in total. The zero-order valence-electron chi connectivity index (χ0n) is 9.15. The van der Waals surface area contributed by atoms with Crippen molar-refractivity contribution in [2.24, 2.45) is 17.6 Å². The van der Waals surface area contributed by atoms with Gasteiger partial charge in [0.1, 0.15) is 0 Å². The van der Waals surface area contributed by atoms with Crippen LogP contribution in [0.25, 0.3) is 0 Å². The molecule has 0 aromatic heterocycles. The Labute approximate surface area is 90.8 Å². The lowest BCUT2D eigenvalue weighted by atomic mass is 10.0. The van der Waals surface area contributed by atoms with Crippen molar-refractivity contribution in [3.63, 3.8) is 0 Å². The molecule has 2 heterocycles. The first-order valence-electron chi connectivity index (χ1n) is 5.88. The maximum atomic E-state index is 12.1. The third-order valence-corrected chi connectivity index (χ3v) is 3.44. The Kier molecular flexibility index (Phi) is 3.59. The summed E-state index contributed by atoms with van der Waals surface area (Å²) in [7, 11) is 0. The van der Waals surface area contributed by atoms with E-state index in [4.69, 9.17) is 10.5 Å². The molecule has 2 rings (SSSR count). The van der Waals surface area contributed by atoms with Gasteiger partial charge in [-0.3, -0.25) is 4.79 Å². The largest absolute Gasteiger partial charge is 0.381 e. The molecule has 2 aliphatic rings. The number of carbonyl (C=O) groups is 1.